The number of aliphatic imine (C=N–C) groups is 1. The molecule has 1 fully saturated rings. The molecule has 5 nitrogen and oxygen atoms in total. The molecule has 0 aliphatic carbocycles. The van der Waals surface area contributed by atoms with Crippen LogP contribution in [0.4, 0.5) is 4.39 Å². The first-order chi connectivity index (χ1) is 14.6. The summed E-state index contributed by atoms with van der Waals surface area (Å²) in [6.45, 7) is 6.83. The lowest BCUT2D eigenvalue weighted by Gasteiger charge is -2.32. The fourth-order valence-electron chi connectivity index (χ4n) is 3.73. The summed E-state index contributed by atoms with van der Waals surface area (Å²) in [4.78, 5) is 4.62. The number of nitrogens with zero attached hydrogens (tertiary/aromatic N) is 1. The Balaban J connectivity index is 1.64. The second-order valence-electron chi connectivity index (χ2n) is 7.65. The Morgan fingerprint density at radius 3 is 2.70 bits per heavy atom. The minimum Gasteiger partial charge on any atom is -0.494 e. The molecule has 30 heavy (non-hydrogen) atoms. The van der Waals surface area contributed by atoms with Gasteiger partial charge in [0.25, 0.3) is 0 Å². The number of hydrogen-bond acceptors (Lipinski definition) is 3. The maximum Gasteiger partial charge on any atom is 0.191 e. The number of rotatable bonds is 7. The second-order valence-corrected chi connectivity index (χ2v) is 7.65. The van der Waals surface area contributed by atoms with Gasteiger partial charge in [0.1, 0.15) is 0 Å². The van der Waals surface area contributed by atoms with Gasteiger partial charge in [0.15, 0.2) is 17.5 Å². The summed E-state index contributed by atoms with van der Waals surface area (Å²) in [7, 11) is 1.46. The van der Waals surface area contributed by atoms with E-state index in [0.717, 1.165) is 44.1 Å². The van der Waals surface area contributed by atoms with Crippen LogP contribution in [0.15, 0.2) is 47.5 Å². The summed E-state index contributed by atoms with van der Waals surface area (Å²) in [5.41, 5.74) is 3.27. The van der Waals surface area contributed by atoms with Gasteiger partial charge >= 0.3 is 0 Å². The van der Waals surface area contributed by atoms with E-state index in [2.05, 4.69) is 46.8 Å². The second kappa shape index (κ2) is 11.0. The van der Waals surface area contributed by atoms with Crippen LogP contribution in [0, 0.1) is 18.7 Å². The molecular formula is C24H32FN3O2. The molecule has 1 heterocycles. The predicted molar refractivity (Wildman–Crippen MR) is 118 cm³/mol. The van der Waals surface area contributed by atoms with E-state index in [-0.39, 0.29) is 17.7 Å². The lowest BCUT2D eigenvalue weighted by Crippen LogP contribution is -2.42. The van der Waals surface area contributed by atoms with Crippen LogP contribution in [0.5, 0.6) is 5.75 Å². The number of methoxy groups -OCH3 is 1. The summed E-state index contributed by atoms with van der Waals surface area (Å²) in [6, 6.07) is 13.5. The van der Waals surface area contributed by atoms with Gasteiger partial charge in [-0.3, -0.25) is 0 Å². The average Bonchev–Trinajstić information content (AvgIpc) is 2.76. The molecule has 1 saturated heterocycles. The van der Waals surface area contributed by atoms with E-state index in [9.17, 15) is 4.39 Å². The third kappa shape index (κ3) is 5.95. The molecule has 2 unspecified atom stereocenters. The van der Waals surface area contributed by atoms with Gasteiger partial charge in [-0.2, -0.15) is 0 Å². The molecule has 0 spiro atoms. The lowest BCUT2D eigenvalue weighted by molar-refractivity contribution is -0.0265. The number of nitrogens with one attached hydrogen (secondary N) is 2. The van der Waals surface area contributed by atoms with Crippen molar-refractivity contribution < 1.29 is 13.9 Å². The third-order valence-electron chi connectivity index (χ3n) is 5.36. The lowest BCUT2D eigenvalue weighted by atomic mass is 9.89. The SMILES string of the molecule is CCNC(=NCc1ccc(OC)c(F)c1)NCC1CCCOC1c1ccc(C)cc1. The molecule has 6 heteroatoms. The summed E-state index contributed by atoms with van der Waals surface area (Å²) < 4.78 is 25.0. The van der Waals surface area contributed by atoms with Gasteiger partial charge in [0.05, 0.1) is 19.8 Å². The molecule has 0 amide bonds. The molecule has 0 aromatic heterocycles. The van der Waals surface area contributed by atoms with Crippen LogP contribution in [-0.2, 0) is 11.3 Å². The zero-order valence-electron chi connectivity index (χ0n) is 18.1. The normalized spacial score (nSPS) is 19.4. The molecule has 2 atom stereocenters. The first kappa shape index (κ1) is 22.1. The molecule has 1 aliphatic rings. The predicted octanol–water partition coefficient (Wildman–Crippen LogP) is 4.37. The standard InChI is InChI=1S/C24H32FN3O2/c1-4-26-24(27-15-18-9-12-22(29-3)21(25)14-18)28-16-20-6-5-13-30-23(20)19-10-7-17(2)8-11-19/h7-12,14,20,23H,4-6,13,15-16H2,1-3H3,(H2,26,27,28). The number of benzene rings is 2. The van der Waals surface area contributed by atoms with E-state index >= 15 is 0 Å². The van der Waals surface area contributed by atoms with Crippen LogP contribution >= 0.6 is 0 Å². The van der Waals surface area contributed by atoms with Gasteiger partial charge in [-0.1, -0.05) is 35.9 Å². The Morgan fingerprint density at radius 2 is 2.00 bits per heavy atom. The molecule has 2 aromatic rings. The van der Waals surface area contributed by atoms with E-state index in [1.165, 1.54) is 24.3 Å². The number of guanidine groups is 1. The molecule has 1 aliphatic heterocycles. The third-order valence-corrected chi connectivity index (χ3v) is 5.36. The van der Waals surface area contributed by atoms with Crippen molar-refractivity contribution in [2.45, 2.75) is 39.3 Å². The Hall–Kier alpha value is -2.60. The summed E-state index contributed by atoms with van der Waals surface area (Å²) >= 11 is 0. The number of aryl methyl sites for hydroxylation is 1. The molecular weight excluding hydrogens is 381 g/mol. The first-order valence-corrected chi connectivity index (χ1v) is 10.6. The molecule has 3 rings (SSSR count). The van der Waals surface area contributed by atoms with Crippen molar-refractivity contribution in [1.82, 2.24) is 10.6 Å². The van der Waals surface area contributed by atoms with Crippen LogP contribution in [0.25, 0.3) is 0 Å². The van der Waals surface area contributed by atoms with Crippen LogP contribution in [-0.4, -0.2) is 32.8 Å². The van der Waals surface area contributed by atoms with Gasteiger partial charge in [0.2, 0.25) is 0 Å². The van der Waals surface area contributed by atoms with Gasteiger partial charge in [-0.05, 0) is 49.9 Å². The van der Waals surface area contributed by atoms with E-state index in [1.807, 2.05) is 13.0 Å². The number of ether oxygens (including phenoxy) is 2. The molecule has 2 N–H and O–H groups in total. The van der Waals surface area contributed by atoms with Crippen LogP contribution in [0.2, 0.25) is 0 Å². The topological polar surface area (TPSA) is 54.9 Å². The van der Waals surface area contributed by atoms with Gasteiger partial charge in [-0.25, -0.2) is 9.38 Å². The minimum absolute atomic E-state index is 0.0883. The molecule has 0 bridgehead atoms. The smallest absolute Gasteiger partial charge is 0.191 e. The molecule has 2 aromatic carbocycles. The van der Waals surface area contributed by atoms with Crippen molar-refractivity contribution in [1.29, 1.82) is 0 Å². The zero-order valence-corrected chi connectivity index (χ0v) is 18.1. The maximum absolute atomic E-state index is 13.9. The van der Waals surface area contributed by atoms with Crippen LogP contribution in [0.1, 0.15) is 42.6 Å². The van der Waals surface area contributed by atoms with Crippen molar-refractivity contribution in [2.24, 2.45) is 10.9 Å². The monoisotopic (exact) mass is 413 g/mol. The Kier molecular flexibility index (Phi) is 8.08. The minimum atomic E-state index is -0.372. The quantitative estimate of drug-likeness (QED) is 0.523. The highest BCUT2D eigenvalue weighted by molar-refractivity contribution is 5.79. The van der Waals surface area contributed by atoms with E-state index in [0.29, 0.717) is 12.5 Å². The van der Waals surface area contributed by atoms with Crippen molar-refractivity contribution in [3.63, 3.8) is 0 Å². The Labute approximate surface area is 178 Å². The summed E-state index contributed by atoms with van der Waals surface area (Å²) in [6.07, 6.45) is 2.26. The molecule has 0 saturated carbocycles. The largest absolute Gasteiger partial charge is 0.494 e. The van der Waals surface area contributed by atoms with Crippen LogP contribution in [0.3, 0.4) is 0 Å². The highest BCUT2D eigenvalue weighted by atomic mass is 19.1. The zero-order chi connectivity index (χ0) is 21.3. The number of hydrogen-bond donors (Lipinski definition) is 2. The molecule has 0 radical (unpaired) electrons. The van der Waals surface area contributed by atoms with Gasteiger partial charge < -0.3 is 20.1 Å². The molecule has 162 valence electrons. The van der Waals surface area contributed by atoms with Gasteiger partial charge in [0, 0.05) is 25.6 Å². The van der Waals surface area contributed by atoms with Crippen LogP contribution < -0.4 is 15.4 Å². The van der Waals surface area contributed by atoms with E-state index in [4.69, 9.17) is 9.47 Å². The van der Waals surface area contributed by atoms with E-state index in [1.54, 1.807) is 6.07 Å². The fraction of sp³-hybridized carbons (Fsp3) is 0.458. The average molecular weight is 414 g/mol. The maximum atomic E-state index is 13.9. The summed E-state index contributed by atoms with van der Waals surface area (Å²) in [5.74, 6) is 0.960. The Morgan fingerprint density at radius 1 is 1.20 bits per heavy atom. The van der Waals surface area contributed by atoms with Crippen molar-refractivity contribution in [3.05, 3.63) is 65.0 Å². The summed E-state index contributed by atoms with van der Waals surface area (Å²) in [5, 5.41) is 6.72. The first-order valence-electron chi connectivity index (χ1n) is 10.6. The van der Waals surface area contributed by atoms with Gasteiger partial charge in [-0.15, -0.1) is 0 Å². The fourth-order valence-corrected chi connectivity index (χ4v) is 3.73. The van der Waals surface area contributed by atoms with Crippen molar-refractivity contribution in [2.75, 3.05) is 26.8 Å². The highest BCUT2D eigenvalue weighted by Crippen LogP contribution is 2.33. The highest BCUT2D eigenvalue weighted by Gasteiger charge is 2.27. The van der Waals surface area contributed by atoms with E-state index < -0.39 is 0 Å². The Bertz CT molecular complexity index is 839. The number of halogens is 1. The van der Waals surface area contributed by atoms with Crippen molar-refractivity contribution in [3.8, 4) is 5.75 Å². The van der Waals surface area contributed by atoms with Crippen molar-refractivity contribution >= 4 is 5.96 Å².